The summed E-state index contributed by atoms with van der Waals surface area (Å²) in [6.07, 6.45) is 3.19. The number of nitrogens with two attached hydrogens (primary N) is 1. The molecule has 0 aliphatic heterocycles. The Morgan fingerprint density at radius 3 is 1.48 bits per heavy atom. The van der Waals surface area contributed by atoms with Gasteiger partial charge in [0, 0.05) is 26.2 Å². The number of hydrogen-bond acceptors (Lipinski definition) is 17. The minimum atomic E-state index is -1.09. The van der Waals surface area contributed by atoms with E-state index in [2.05, 4.69) is 51.3 Å². The molecule has 5 rings (SSSR count). The highest BCUT2D eigenvalue weighted by molar-refractivity contribution is 7.12. The summed E-state index contributed by atoms with van der Waals surface area (Å²) < 4.78 is 9.44. The minimum Gasteiger partial charge on any atom is -0.508 e. The van der Waals surface area contributed by atoms with E-state index in [1.165, 1.54) is 25.6 Å². The number of ether oxygens (including phenoxy) is 2. The van der Waals surface area contributed by atoms with Crippen LogP contribution in [0.25, 0.3) is 0 Å². The van der Waals surface area contributed by atoms with Gasteiger partial charge in [0.2, 0.25) is 11.9 Å². The number of amides is 3. The Labute approximate surface area is 387 Å². The van der Waals surface area contributed by atoms with E-state index in [1.54, 1.807) is 58.0 Å². The molecule has 0 aliphatic rings. The largest absolute Gasteiger partial charge is 0.508 e. The summed E-state index contributed by atoms with van der Waals surface area (Å²) in [4.78, 5) is 80.0. The van der Waals surface area contributed by atoms with Crippen LogP contribution in [-0.4, -0.2) is 112 Å². The van der Waals surface area contributed by atoms with Gasteiger partial charge >= 0.3 is 11.9 Å². The van der Waals surface area contributed by atoms with E-state index in [0.29, 0.717) is 58.2 Å². The summed E-state index contributed by atoms with van der Waals surface area (Å²) in [5, 5.41) is 35.0. The van der Waals surface area contributed by atoms with Gasteiger partial charge in [-0.15, -0.1) is 11.3 Å². The van der Waals surface area contributed by atoms with Crippen LogP contribution in [0.15, 0.2) is 60.0 Å². The van der Waals surface area contributed by atoms with Crippen LogP contribution in [0.5, 0.6) is 11.5 Å². The number of aryl methyl sites for hydroxylation is 7. The van der Waals surface area contributed by atoms with Crippen molar-refractivity contribution in [3.63, 3.8) is 0 Å². The second-order valence-electron chi connectivity index (χ2n) is 15.1. The van der Waals surface area contributed by atoms with Gasteiger partial charge in [0.05, 0.1) is 53.0 Å². The fraction of sp³-hybridized carbons (Fsp3) is 0.370. The van der Waals surface area contributed by atoms with Gasteiger partial charge in [0.15, 0.2) is 0 Å². The van der Waals surface area contributed by atoms with E-state index in [4.69, 9.17) is 10.5 Å². The first-order chi connectivity index (χ1) is 31.5. The van der Waals surface area contributed by atoms with Crippen molar-refractivity contribution < 1.29 is 43.7 Å². The molecule has 0 aliphatic carbocycles. The first kappa shape index (κ1) is 51.4. The molecule has 2 aromatic carbocycles. The number of rotatable bonds is 20. The van der Waals surface area contributed by atoms with Gasteiger partial charge in [-0.2, -0.15) is 0 Å². The van der Waals surface area contributed by atoms with Crippen molar-refractivity contribution in [2.75, 3.05) is 51.0 Å². The zero-order valence-corrected chi connectivity index (χ0v) is 38.9. The van der Waals surface area contributed by atoms with E-state index in [0.717, 1.165) is 42.4 Å². The quantitative estimate of drug-likeness (QED) is 0.0405. The van der Waals surface area contributed by atoms with Crippen LogP contribution < -0.4 is 32.3 Å². The molecule has 0 unspecified atom stereocenters. The molecule has 2 atom stereocenters. The first-order valence-corrected chi connectivity index (χ1v) is 22.0. The highest BCUT2D eigenvalue weighted by atomic mass is 32.1. The van der Waals surface area contributed by atoms with Crippen LogP contribution in [0, 0.1) is 34.6 Å². The van der Waals surface area contributed by atoms with Gasteiger partial charge in [-0.25, -0.2) is 29.5 Å². The molecule has 0 spiro atoms. The lowest BCUT2D eigenvalue weighted by atomic mass is 10.1. The van der Waals surface area contributed by atoms with Crippen LogP contribution in [0.4, 0.5) is 11.9 Å². The highest BCUT2D eigenvalue weighted by Crippen LogP contribution is 2.18. The molecule has 66 heavy (non-hydrogen) atoms. The molecule has 0 bridgehead atoms. The summed E-state index contributed by atoms with van der Waals surface area (Å²) >= 11 is 1.30. The Balaban J connectivity index is 0.000000297. The second kappa shape index (κ2) is 25.3. The third kappa shape index (κ3) is 15.2. The fourth-order valence-corrected chi connectivity index (χ4v) is 7.53. The molecule has 0 radical (unpaired) electrons. The van der Waals surface area contributed by atoms with Gasteiger partial charge in [-0.3, -0.25) is 14.4 Å². The zero-order valence-electron chi connectivity index (χ0n) is 38.1. The molecule has 0 saturated carbocycles. The molecule has 5 aromatic rings. The van der Waals surface area contributed by atoms with Crippen molar-refractivity contribution >= 4 is 52.9 Å². The van der Waals surface area contributed by atoms with E-state index >= 15 is 0 Å². The maximum Gasteiger partial charge on any atom is 0.330 e. The summed E-state index contributed by atoms with van der Waals surface area (Å²) in [5.41, 5.74) is 10.9. The Bertz CT molecular complexity index is 2430. The van der Waals surface area contributed by atoms with Crippen molar-refractivity contribution in [3.8, 4) is 11.5 Å². The lowest BCUT2D eigenvalue weighted by Gasteiger charge is -2.18. The molecule has 19 nitrogen and oxygen atoms in total. The van der Waals surface area contributed by atoms with E-state index in [9.17, 15) is 34.2 Å². The van der Waals surface area contributed by atoms with Gasteiger partial charge in [0.1, 0.15) is 23.6 Å². The number of nitrogens with one attached hydrogen (secondary N) is 5. The van der Waals surface area contributed by atoms with Gasteiger partial charge in [0.25, 0.3) is 17.7 Å². The molecule has 3 aromatic heterocycles. The average Bonchev–Trinajstić information content (AvgIpc) is 3.72. The van der Waals surface area contributed by atoms with Crippen LogP contribution in [0.3, 0.4) is 0 Å². The highest BCUT2D eigenvalue weighted by Gasteiger charge is 2.27. The van der Waals surface area contributed by atoms with Gasteiger partial charge in [-0.1, -0.05) is 24.3 Å². The number of esters is 2. The number of methoxy groups -OCH3 is 2. The van der Waals surface area contributed by atoms with E-state index in [1.807, 2.05) is 36.6 Å². The number of hydrogen-bond donors (Lipinski definition) is 8. The number of thiophene rings is 1. The number of carbonyl (C=O) groups is 5. The number of aromatic nitrogens is 4. The topological polar surface area (TPSA) is 282 Å². The van der Waals surface area contributed by atoms with E-state index in [-0.39, 0.29) is 36.1 Å². The first-order valence-electron chi connectivity index (χ1n) is 21.1. The molecule has 352 valence electrons. The number of phenols is 2. The molecular formula is C46H58N10O9S. The van der Waals surface area contributed by atoms with Gasteiger partial charge in [-0.05, 0) is 113 Å². The smallest absolute Gasteiger partial charge is 0.330 e. The maximum atomic E-state index is 13.1. The molecule has 3 amide bonds. The predicted octanol–water partition coefficient (Wildman–Crippen LogP) is 3.99. The van der Waals surface area contributed by atoms with Crippen molar-refractivity contribution in [2.24, 2.45) is 5.73 Å². The zero-order chi connectivity index (χ0) is 48.3. The van der Waals surface area contributed by atoms with Crippen molar-refractivity contribution in [1.29, 1.82) is 0 Å². The summed E-state index contributed by atoms with van der Waals surface area (Å²) in [6.45, 7) is 9.65. The van der Waals surface area contributed by atoms with Crippen molar-refractivity contribution in [1.82, 2.24) is 35.9 Å². The SMILES string of the molecule is COC(=O)[C@H](CN)NC(=O)c1c(C)nc(NCCCc2cccc(O)c2)nc1C.COC(=O)[C@H](CNC(=O)c1sccc1C)NC(=O)c1c(C)nc(NCCCc2cccc(O)c2)nc1C. The normalized spacial score (nSPS) is 11.5. The number of aromatic hydroxyl groups is 2. The molecular weight excluding hydrogens is 869 g/mol. The number of carbonyl (C=O) groups excluding carboxylic acids is 5. The number of nitrogens with zero attached hydrogens (tertiary/aromatic N) is 4. The van der Waals surface area contributed by atoms with E-state index < -0.39 is 35.8 Å². The lowest BCUT2D eigenvalue weighted by Crippen LogP contribution is -2.49. The Hall–Kier alpha value is -7.19. The van der Waals surface area contributed by atoms with Crippen LogP contribution in [0.2, 0.25) is 0 Å². The molecule has 0 saturated heterocycles. The monoisotopic (exact) mass is 926 g/mol. The number of anilines is 2. The standard InChI is InChI=1S/C26H31N5O5S.C20H27N5O4/c1-15-10-12-37-22(15)24(34)28-14-20(25(35)36-4)31-23(33)21-16(2)29-26(30-17(21)3)27-11-6-8-18-7-5-9-19(32)13-18;1-12-17(18(27)25-16(11-21)19(28)29-3)13(2)24-20(23-12)22-9-5-7-14-6-4-8-15(26)10-14/h5,7,9-10,12-13,20,32H,6,8,11,14H2,1-4H3,(H,28,34)(H,31,33)(H,27,29,30);4,6,8,10,16,26H,5,7,9,11,21H2,1-3H3,(H,25,27)(H,22,23,24)/t20-;16-/m00/s1. The molecule has 3 heterocycles. The third-order valence-electron chi connectivity index (χ3n) is 10.0. The molecule has 20 heteroatoms. The van der Waals surface area contributed by atoms with Crippen molar-refractivity contribution in [3.05, 3.63) is 115 Å². The third-order valence-corrected chi connectivity index (χ3v) is 11.0. The summed E-state index contributed by atoms with van der Waals surface area (Å²) in [6, 6.07) is 14.1. The minimum absolute atomic E-state index is 0.0732. The second-order valence-corrected chi connectivity index (χ2v) is 16.0. The van der Waals surface area contributed by atoms with Crippen LogP contribution in [0.1, 0.15) is 82.7 Å². The van der Waals surface area contributed by atoms with Crippen molar-refractivity contribution in [2.45, 2.75) is 72.4 Å². The number of benzene rings is 2. The summed E-state index contributed by atoms with van der Waals surface area (Å²) in [7, 11) is 2.45. The lowest BCUT2D eigenvalue weighted by molar-refractivity contribution is -0.143. The Kier molecular flexibility index (Phi) is 19.8. The van der Waals surface area contributed by atoms with Crippen LogP contribution in [-0.2, 0) is 31.9 Å². The van der Waals surface area contributed by atoms with Crippen LogP contribution >= 0.6 is 11.3 Å². The molecule has 0 fully saturated rings. The fourth-order valence-electron chi connectivity index (χ4n) is 6.69. The number of phenolic OH excluding ortho intramolecular Hbond substituents is 2. The van der Waals surface area contributed by atoms with Gasteiger partial charge < -0.3 is 52.0 Å². The Morgan fingerprint density at radius 2 is 1.09 bits per heavy atom. The maximum absolute atomic E-state index is 13.1. The molecule has 9 N–H and O–H groups in total. The average molecular weight is 927 g/mol. The Morgan fingerprint density at radius 1 is 0.652 bits per heavy atom. The summed E-state index contributed by atoms with van der Waals surface area (Å²) in [5.74, 6) is -1.32. The predicted molar refractivity (Wildman–Crippen MR) is 250 cm³/mol.